The summed E-state index contributed by atoms with van der Waals surface area (Å²) < 4.78 is 24.4. The fourth-order valence-electron chi connectivity index (χ4n) is 11.9. The third-order valence-corrected chi connectivity index (χ3v) is 18.6. The highest BCUT2D eigenvalue weighted by Gasteiger charge is 2.40. The van der Waals surface area contributed by atoms with Crippen molar-refractivity contribution < 1.29 is 8.81 Å². The van der Waals surface area contributed by atoms with E-state index in [1.807, 2.05) is 72.8 Å². The minimum atomic E-state index is -2.14. The average Bonchev–Trinajstić information content (AvgIpc) is 3.91. The van der Waals surface area contributed by atoms with Crippen LogP contribution in [0.4, 0.5) is 38.5 Å². The lowest BCUT2D eigenvalue weighted by atomic mass is 9.91. The van der Waals surface area contributed by atoms with Crippen LogP contribution in [0.3, 0.4) is 0 Å². The Kier molecular flexibility index (Phi) is 9.22. The van der Waals surface area contributed by atoms with Gasteiger partial charge in [0.15, 0.2) is 0 Å². The van der Waals surface area contributed by atoms with Gasteiger partial charge in [0.05, 0.1) is 17.1 Å². The first-order chi connectivity index (χ1) is 34.9. The number of anilines is 6. The molecule has 1 aliphatic heterocycles. The maximum absolute atomic E-state index is 18.0. The third-order valence-electron chi connectivity index (χ3n) is 15.0. The lowest BCUT2D eigenvalue weighted by molar-refractivity contribution is 0.630. The summed E-state index contributed by atoms with van der Waals surface area (Å²) in [7, 11) is -2.14. The minimum absolute atomic E-state index is 0.321. The van der Waals surface area contributed by atoms with Crippen molar-refractivity contribution in [3.8, 4) is 33.4 Å². The van der Waals surface area contributed by atoms with Gasteiger partial charge in [-0.25, -0.2) is 4.39 Å². The number of halogens is 1. The van der Waals surface area contributed by atoms with Gasteiger partial charge in [0.1, 0.15) is 25.1 Å². The van der Waals surface area contributed by atoms with E-state index in [0.29, 0.717) is 5.69 Å². The van der Waals surface area contributed by atoms with Crippen molar-refractivity contribution in [2.24, 2.45) is 0 Å². The van der Waals surface area contributed by atoms with E-state index in [0.717, 1.165) is 93.9 Å². The second-order valence-electron chi connectivity index (χ2n) is 19.3. The van der Waals surface area contributed by atoms with E-state index in [2.05, 4.69) is 181 Å². The molecule has 1 aromatic heterocycles. The van der Waals surface area contributed by atoms with E-state index in [1.54, 1.807) is 6.07 Å². The molecular formula is C66H45FN2OSi. The Bertz CT molecular complexity index is 4220. The number of para-hydroxylation sites is 2. The maximum atomic E-state index is 18.0. The van der Waals surface area contributed by atoms with Crippen molar-refractivity contribution >= 4 is 107 Å². The fourth-order valence-corrected chi connectivity index (χ4v) is 15.3. The van der Waals surface area contributed by atoms with Gasteiger partial charge in [0.2, 0.25) is 0 Å². The summed E-state index contributed by atoms with van der Waals surface area (Å²) >= 11 is 0. The SMILES string of the molecule is C[Si]1(C)c2ccccc2-c2cccc(N(c3ccccc3)c3ccc4ccc5c(N(c6ccc7oc8ccccc8c7c6)c6c(F)cc(-c7ccccc7)cc6-c6ccccc6)ccc6ccc3c4c65)c21. The van der Waals surface area contributed by atoms with Gasteiger partial charge < -0.3 is 14.2 Å². The van der Waals surface area contributed by atoms with Crippen LogP contribution in [0, 0.1) is 5.82 Å². The summed E-state index contributed by atoms with van der Waals surface area (Å²) in [5, 5.41) is 11.7. The Morgan fingerprint density at radius 2 is 0.972 bits per heavy atom. The van der Waals surface area contributed by atoms with Crippen LogP contribution in [0.1, 0.15) is 0 Å². The van der Waals surface area contributed by atoms with E-state index in [9.17, 15) is 0 Å². The zero-order valence-corrected chi connectivity index (χ0v) is 40.2. The molecular weight excluding hydrogens is 884 g/mol. The van der Waals surface area contributed by atoms with E-state index in [4.69, 9.17) is 4.42 Å². The van der Waals surface area contributed by atoms with Gasteiger partial charge in [0, 0.05) is 44.2 Å². The standard InChI is InChI=1S/C66H45FN2OSi/c1-71(2)62-28-15-13-24-50(62)51-25-16-26-59(66(51)71)68(47-21-10-5-11-22-47)57-36-31-44-30-35-53-58(37-32-45-29-34-52(57)63(44)64(45)53)69(48-33-38-61-55(41-48)49-23-12-14-27-60(49)70-61)65-54(43-19-8-4-9-20-43)39-46(40-56(65)67)42-17-6-3-7-18-42/h3-41H,1-2H3. The van der Waals surface area contributed by atoms with Crippen molar-refractivity contribution in [2.45, 2.75) is 13.1 Å². The molecule has 336 valence electrons. The van der Waals surface area contributed by atoms with Crippen LogP contribution in [-0.4, -0.2) is 8.07 Å². The fraction of sp³-hybridized carbons (Fsp3) is 0.0303. The highest BCUT2D eigenvalue weighted by molar-refractivity contribution is 7.04. The summed E-state index contributed by atoms with van der Waals surface area (Å²) in [4.78, 5) is 4.65. The molecule has 3 nitrogen and oxygen atoms in total. The van der Waals surface area contributed by atoms with Crippen LogP contribution in [0.15, 0.2) is 241 Å². The van der Waals surface area contributed by atoms with Crippen LogP contribution in [0.25, 0.3) is 87.6 Å². The molecule has 0 bridgehead atoms. The predicted octanol–water partition coefficient (Wildman–Crippen LogP) is 17.7. The van der Waals surface area contributed by atoms with Crippen molar-refractivity contribution in [1.29, 1.82) is 0 Å². The molecule has 2 heterocycles. The molecule has 0 fully saturated rings. The molecule has 0 amide bonds. The Labute approximate surface area is 412 Å². The Morgan fingerprint density at radius 1 is 0.380 bits per heavy atom. The number of benzene rings is 12. The first kappa shape index (κ1) is 41.2. The molecule has 0 unspecified atom stereocenters. The minimum Gasteiger partial charge on any atom is -0.456 e. The molecule has 13 aromatic rings. The molecule has 0 radical (unpaired) electrons. The Balaban J connectivity index is 1.04. The maximum Gasteiger partial charge on any atom is 0.148 e. The molecule has 0 spiro atoms. The van der Waals surface area contributed by atoms with Gasteiger partial charge in [-0.1, -0.05) is 183 Å². The summed E-state index contributed by atoms with van der Waals surface area (Å²) in [5.74, 6) is -0.321. The summed E-state index contributed by atoms with van der Waals surface area (Å²) in [5.41, 5.74) is 13.4. The molecule has 0 N–H and O–H groups in total. The first-order valence-corrected chi connectivity index (χ1v) is 27.4. The van der Waals surface area contributed by atoms with Crippen LogP contribution >= 0.6 is 0 Å². The number of fused-ring (bicyclic) bond motifs is 6. The normalized spacial score (nSPS) is 12.8. The van der Waals surface area contributed by atoms with Crippen LogP contribution in [-0.2, 0) is 0 Å². The number of nitrogens with zero attached hydrogens (tertiary/aromatic N) is 2. The third kappa shape index (κ3) is 6.33. The predicted molar refractivity (Wildman–Crippen MR) is 300 cm³/mol. The smallest absolute Gasteiger partial charge is 0.148 e. The molecule has 0 aliphatic carbocycles. The quantitative estimate of drug-likeness (QED) is 0.112. The van der Waals surface area contributed by atoms with Gasteiger partial charge in [0.25, 0.3) is 0 Å². The molecule has 14 rings (SSSR count). The number of rotatable bonds is 8. The van der Waals surface area contributed by atoms with Crippen LogP contribution in [0.2, 0.25) is 13.1 Å². The van der Waals surface area contributed by atoms with E-state index in [-0.39, 0.29) is 5.82 Å². The summed E-state index contributed by atoms with van der Waals surface area (Å²) in [6.07, 6.45) is 0. The van der Waals surface area contributed by atoms with Crippen LogP contribution < -0.4 is 20.2 Å². The van der Waals surface area contributed by atoms with Crippen molar-refractivity contribution in [3.05, 3.63) is 242 Å². The van der Waals surface area contributed by atoms with E-state index < -0.39 is 8.07 Å². The molecule has 12 aromatic carbocycles. The van der Waals surface area contributed by atoms with Crippen molar-refractivity contribution in [3.63, 3.8) is 0 Å². The first-order valence-electron chi connectivity index (χ1n) is 24.4. The topological polar surface area (TPSA) is 19.6 Å². The van der Waals surface area contributed by atoms with Gasteiger partial charge in [-0.05, 0) is 126 Å². The second kappa shape index (κ2) is 15.9. The van der Waals surface area contributed by atoms with Crippen LogP contribution in [0.5, 0.6) is 0 Å². The van der Waals surface area contributed by atoms with Gasteiger partial charge in [-0.3, -0.25) is 0 Å². The van der Waals surface area contributed by atoms with E-state index >= 15 is 4.39 Å². The second-order valence-corrected chi connectivity index (χ2v) is 23.6. The monoisotopic (exact) mass is 928 g/mol. The summed E-state index contributed by atoms with van der Waals surface area (Å²) in [6.45, 7) is 4.99. The lowest BCUT2D eigenvalue weighted by Crippen LogP contribution is -2.50. The summed E-state index contributed by atoms with van der Waals surface area (Å²) in [6, 6.07) is 83.3. The van der Waals surface area contributed by atoms with Crippen molar-refractivity contribution in [2.75, 3.05) is 9.80 Å². The number of hydrogen-bond donors (Lipinski definition) is 0. The van der Waals surface area contributed by atoms with Crippen molar-refractivity contribution in [1.82, 2.24) is 0 Å². The zero-order valence-electron chi connectivity index (χ0n) is 39.2. The average molecular weight is 929 g/mol. The van der Waals surface area contributed by atoms with Gasteiger partial charge in [-0.2, -0.15) is 0 Å². The molecule has 0 saturated heterocycles. The molecule has 0 atom stereocenters. The zero-order chi connectivity index (χ0) is 47.4. The highest BCUT2D eigenvalue weighted by atomic mass is 28.3. The lowest BCUT2D eigenvalue weighted by Gasteiger charge is -2.33. The van der Waals surface area contributed by atoms with E-state index in [1.165, 1.54) is 32.6 Å². The molecule has 0 saturated carbocycles. The number of furan rings is 1. The molecule has 1 aliphatic rings. The Morgan fingerprint density at radius 3 is 1.70 bits per heavy atom. The largest absolute Gasteiger partial charge is 0.456 e. The number of hydrogen-bond acceptors (Lipinski definition) is 3. The molecule has 5 heteroatoms. The van der Waals surface area contributed by atoms with Gasteiger partial charge in [-0.15, -0.1) is 0 Å². The molecule has 71 heavy (non-hydrogen) atoms. The Hall–Kier alpha value is -8.77. The highest BCUT2D eigenvalue weighted by Crippen LogP contribution is 2.51. The van der Waals surface area contributed by atoms with Gasteiger partial charge >= 0.3 is 0 Å².